The zero-order chi connectivity index (χ0) is 22.4. The van der Waals surface area contributed by atoms with Crippen molar-refractivity contribution in [3.63, 3.8) is 0 Å². The molecule has 1 aromatic heterocycles. The molecule has 31 heavy (non-hydrogen) atoms. The van der Waals surface area contributed by atoms with E-state index >= 15 is 0 Å². The number of hydrogen-bond acceptors (Lipinski definition) is 7. The first-order chi connectivity index (χ1) is 14.9. The SMILES string of the molecule is CCOC(=O)C1=C(COC(=O)c2ccc(OC(C)C)cc2)NC(=O)NC1c1cccs1. The number of carbonyl (C=O) groups excluding carboxylic acids is 3. The molecule has 0 bridgehead atoms. The van der Waals surface area contributed by atoms with Crippen molar-refractivity contribution >= 4 is 29.3 Å². The first kappa shape index (κ1) is 22.4. The number of urea groups is 1. The normalized spacial score (nSPS) is 15.9. The summed E-state index contributed by atoms with van der Waals surface area (Å²) >= 11 is 1.40. The first-order valence-electron chi connectivity index (χ1n) is 9.84. The van der Waals surface area contributed by atoms with Crippen molar-refractivity contribution in [2.24, 2.45) is 0 Å². The summed E-state index contributed by atoms with van der Waals surface area (Å²) in [6.07, 6.45) is 0.0193. The molecule has 1 aromatic carbocycles. The van der Waals surface area contributed by atoms with Crippen LogP contribution < -0.4 is 15.4 Å². The predicted octanol–water partition coefficient (Wildman–Crippen LogP) is 3.56. The Hall–Kier alpha value is -3.33. The minimum Gasteiger partial charge on any atom is -0.491 e. The Labute approximate surface area is 184 Å². The Morgan fingerprint density at radius 1 is 1.10 bits per heavy atom. The molecule has 2 N–H and O–H groups in total. The maximum Gasteiger partial charge on any atom is 0.338 e. The fraction of sp³-hybridized carbons (Fsp3) is 0.318. The van der Waals surface area contributed by atoms with E-state index in [1.807, 2.05) is 31.4 Å². The highest BCUT2D eigenvalue weighted by atomic mass is 32.1. The Morgan fingerprint density at radius 2 is 1.84 bits per heavy atom. The van der Waals surface area contributed by atoms with Crippen LogP contribution in [0, 0.1) is 0 Å². The Kier molecular flexibility index (Phi) is 7.30. The van der Waals surface area contributed by atoms with Crippen molar-refractivity contribution in [1.29, 1.82) is 0 Å². The fourth-order valence-corrected chi connectivity index (χ4v) is 3.80. The number of ether oxygens (including phenoxy) is 3. The van der Waals surface area contributed by atoms with E-state index < -0.39 is 24.0 Å². The van der Waals surface area contributed by atoms with E-state index in [9.17, 15) is 14.4 Å². The Bertz CT molecular complexity index is 966. The average molecular weight is 445 g/mol. The van der Waals surface area contributed by atoms with E-state index in [2.05, 4.69) is 10.6 Å². The molecule has 0 radical (unpaired) electrons. The van der Waals surface area contributed by atoms with Gasteiger partial charge in [-0.25, -0.2) is 14.4 Å². The van der Waals surface area contributed by atoms with Gasteiger partial charge in [-0.2, -0.15) is 0 Å². The number of esters is 2. The number of amides is 2. The zero-order valence-corrected chi connectivity index (χ0v) is 18.3. The molecule has 1 atom stereocenters. The van der Waals surface area contributed by atoms with Gasteiger partial charge in [-0.3, -0.25) is 0 Å². The van der Waals surface area contributed by atoms with Crippen LogP contribution in [0.2, 0.25) is 0 Å². The van der Waals surface area contributed by atoms with Crippen LogP contribution >= 0.6 is 11.3 Å². The van der Waals surface area contributed by atoms with Gasteiger partial charge in [0.1, 0.15) is 12.4 Å². The lowest BCUT2D eigenvalue weighted by Gasteiger charge is -2.28. The second-order valence-electron chi connectivity index (χ2n) is 6.93. The summed E-state index contributed by atoms with van der Waals surface area (Å²) in [7, 11) is 0. The molecule has 0 fully saturated rings. The molecule has 1 aliphatic rings. The predicted molar refractivity (Wildman–Crippen MR) is 115 cm³/mol. The minimum absolute atomic E-state index is 0.0193. The zero-order valence-electron chi connectivity index (χ0n) is 17.5. The van der Waals surface area contributed by atoms with Gasteiger partial charge in [-0.15, -0.1) is 11.3 Å². The third kappa shape index (κ3) is 5.64. The summed E-state index contributed by atoms with van der Waals surface area (Å²) in [5.74, 6) is -0.537. The molecule has 8 nitrogen and oxygen atoms in total. The van der Waals surface area contributed by atoms with Gasteiger partial charge in [0.15, 0.2) is 0 Å². The summed E-state index contributed by atoms with van der Waals surface area (Å²) < 4.78 is 16.1. The molecule has 3 rings (SSSR count). The van der Waals surface area contributed by atoms with Gasteiger partial charge in [0.25, 0.3) is 0 Å². The quantitative estimate of drug-likeness (QED) is 0.604. The molecule has 2 heterocycles. The summed E-state index contributed by atoms with van der Waals surface area (Å²) in [4.78, 5) is 38.1. The van der Waals surface area contributed by atoms with E-state index in [0.717, 1.165) is 4.88 Å². The summed E-state index contributed by atoms with van der Waals surface area (Å²) in [6, 6.07) is 9.00. The van der Waals surface area contributed by atoms with Gasteiger partial charge in [0, 0.05) is 4.88 Å². The van der Waals surface area contributed by atoms with Crippen LogP contribution in [0.1, 0.15) is 42.0 Å². The van der Waals surface area contributed by atoms with E-state index in [0.29, 0.717) is 11.3 Å². The number of thiophene rings is 1. The van der Waals surface area contributed by atoms with Crippen molar-refractivity contribution < 1.29 is 28.6 Å². The van der Waals surface area contributed by atoms with Crippen molar-refractivity contribution in [2.75, 3.05) is 13.2 Å². The number of carbonyl (C=O) groups is 3. The van der Waals surface area contributed by atoms with Crippen LogP contribution in [0.15, 0.2) is 53.0 Å². The van der Waals surface area contributed by atoms with Gasteiger partial charge < -0.3 is 24.8 Å². The molecule has 0 aliphatic carbocycles. The van der Waals surface area contributed by atoms with E-state index in [4.69, 9.17) is 14.2 Å². The van der Waals surface area contributed by atoms with Crippen LogP contribution in [-0.4, -0.2) is 37.3 Å². The van der Waals surface area contributed by atoms with Crippen molar-refractivity contribution in [1.82, 2.24) is 10.6 Å². The molecule has 164 valence electrons. The van der Waals surface area contributed by atoms with Crippen LogP contribution in [0.25, 0.3) is 0 Å². The van der Waals surface area contributed by atoms with Crippen LogP contribution in [-0.2, 0) is 14.3 Å². The Balaban J connectivity index is 1.80. The van der Waals surface area contributed by atoms with Gasteiger partial charge in [-0.05, 0) is 56.5 Å². The molecule has 0 saturated heterocycles. The Morgan fingerprint density at radius 3 is 2.45 bits per heavy atom. The summed E-state index contributed by atoms with van der Waals surface area (Å²) in [5, 5.41) is 7.14. The molecule has 1 aliphatic heterocycles. The van der Waals surface area contributed by atoms with Gasteiger partial charge in [0.2, 0.25) is 0 Å². The monoisotopic (exact) mass is 444 g/mol. The van der Waals surface area contributed by atoms with Gasteiger partial charge in [-0.1, -0.05) is 6.07 Å². The lowest BCUT2D eigenvalue weighted by molar-refractivity contribution is -0.139. The van der Waals surface area contributed by atoms with Crippen molar-refractivity contribution in [3.05, 3.63) is 63.5 Å². The number of rotatable bonds is 8. The van der Waals surface area contributed by atoms with Crippen molar-refractivity contribution in [3.8, 4) is 5.75 Å². The maximum absolute atomic E-state index is 12.6. The largest absolute Gasteiger partial charge is 0.491 e. The second kappa shape index (κ2) is 10.1. The van der Waals surface area contributed by atoms with E-state index in [1.165, 1.54) is 11.3 Å². The fourth-order valence-electron chi connectivity index (χ4n) is 3.01. The summed E-state index contributed by atoms with van der Waals surface area (Å²) in [5.41, 5.74) is 0.718. The molecule has 2 amide bonds. The topological polar surface area (TPSA) is 103 Å². The lowest BCUT2D eigenvalue weighted by atomic mass is 10.0. The molecule has 9 heteroatoms. The van der Waals surface area contributed by atoms with Gasteiger partial charge >= 0.3 is 18.0 Å². The van der Waals surface area contributed by atoms with E-state index in [-0.39, 0.29) is 30.6 Å². The molecular formula is C22H24N2O6S. The highest BCUT2D eigenvalue weighted by molar-refractivity contribution is 7.10. The highest BCUT2D eigenvalue weighted by Gasteiger charge is 2.34. The average Bonchev–Trinajstić information content (AvgIpc) is 3.26. The third-order valence-corrected chi connectivity index (χ3v) is 5.22. The number of benzene rings is 1. The standard InChI is InChI=1S/C22H24N2O6S/c1-4-28-21(26)18-16(23-22(27)24-19(18)17-6-5-11-31-17)12-29-20(25)14-7-9-15(10-8-14)30-13(2)3/h5-11,13,19H,4,12H2,1-3H3,(H2,23,24,27). The van der Waals surface area contributed by atoms with Crippen LogP contribution in [0.5, 0.6) is 5.75 Å². The lowest BCUT2D eigenvalue weighted by Crippen LogP contribution is -2.46. The molecular weight excluding hydrogens is 420 g/mol. The second-order valence-corrected chi connectivity index (χ2v) is 7.91. The number of nitrogens with one attached hydrogen (secondary N) is 2. The minimum atomic E-state index is -0.686. The molecule has 1 unspecified atom stereocenters. The number of hydrogen-bond donors (Lipinski definition) is 2. The first-order valence-corrected chi connectivity index (χ1v) is 10.7. The van der Waals surface area contributed by atoms with E-state index in [1.54, 1.807) is 31.2 Å². The third-order valence-electron chi connectivity index (χ3n) is 4.29. The summed E-state index contributed by atoms with van der Waals surface area (Å²) in [6.45, 7) is 5.40. The van der Waals surface area contributed by atoms with Gasteiger partial charge in [0.05, 0.1) is 35.6 Å². The van der Waals surface area contributed by atoms with Crippen LogP contribution in [0.4, 0.5) is 4.79 Å². The highest BCUT2D eigenvalue weighted by Crippen LogP contribution is 2.30. The molecule has 2 aromatic rings. The van der Waals surface area contributed by atoms with Crippen molar-refractivity contribution in [2.45, 2.75) is 32.9 Å². The van der Waals surface area contributed by atoms with Crippen LogP contribution in [0.3, 0.4) is 0 Å². The maximum atomic E-state index is 12.6. The smallest absolute Gasteiger partial charge is 0.338 e. The molecule has 0 saturated carbocycles. The molecule has 0 spiro atoms.